The van der Waals surface area contributed by atoms with Gasteiger partial charge in [0.05, 0.1) is 18.5 Å². The Hall–Kier alpha value is -3.81. The maximum absolute atomic E-state index is 12.6. The minimum Gasteiger partial charge on any atom is -0.497 e. The van der Waals surface area contributed by atoms with E-state index in [-0.39, 0.29) is 19.1 Å². The Kier molecular flexibility index (Phi) is 5.65. The van der Waals surface area contributed by atoms with Crippen molar-refractivity contribution < 1.29 is 15.8 Å². The summed E-state index contributed by atoms with van der Waals surface area (Å²) in [6.45, 7) is 2.13. The van der Waals surface area contributed by atoms with Gasteiger partial charge in [-0.25, -0.2) is 9.97 Å². The van der Waals surface area contributed by atoms with Crippen molar-refractivity contribution in [3.8, 4) is 5.75 Å². The molecule has 0 saturated carbocycles. The fourth-order valence-corrected chi connectivity index (χ4v) is 3.10. The van der Waals surface area contributed by atoms with E-state index in [1.807, 2.05) is 42.5 Å². The number of rotatable bonds is 6. The van der Waals surface area contributed by atoms with Gasteiger partial charge in [-0.2, -0.15) is 0 Å². The van der Waals surface area contributed by atoms with E-state index >= 15 is 0 Å². The summed E-state index contributed by atoms with van der Waals surface area (Å²) in [4.78, 5) is 31.2. The first kappa shape index (κ1) is 19.5. The van der Waals surface area contributed by atoms with E-state index < -0.39 is 0 Å². The van der Waals surface area contributed by atoms with Gasteiger partial charge in [0.1, 0.15) is 23.0 Å². The van der Waals surface area contributed by atoms with Crippen LogP contribution in [0.5, 0.6) is 5.75 Å². The molecule has 1 aliphatic rings. The first-order chi connectivity index (χ1) is 14.6. The van der Waals surface area contributed by atoms with Crippen LogP contribution in [0, 0.1) is 6.92 Å². The molecule has 0 aliphatic carbocycles. The van der Waals surface area contributed by atoms with E-state index in [9.17, 15) is 4.79 Å². The topological polar surface area (TPSA) is 98.6 Å². The minimum atomic E-state index is -0.279. The van der Waals surface area contributed by atoms with Gasteiger partial charge in [-0.05, 0) is 42.8 Å². The molecule has 0 bridgehead atoms. The van der Waals surface area contributed by atoms with Gasteiger partial charge in [-0.1, -0.05) is 23.4 Å². The lowest BCUT2D eigenvalue weighted by atomic mass is 10.1. The molecule has 0 radical (unpaired) electrons. The van der Waals surface area contributed by atoms with Crippen LogP contribution in [0.3, 0.4) is 0 Å². The molecule has 1 atom stereocenters. The van der Waals surface area contributed by atoms with E-state index in [4.69, 9.17) is 9.57 Å². The third-order valence-electron chi connectivity index (χ3n) is 4.66. The molecule has 2 aromatic heterocycles. The zero-order valence-electron chi connectivity index (χ0n) is 16.7. The molecular weight excluding hydrogens is 382 g/mol. The number of oxime groups is 1. The van der Waals surface area contributed by atoms with Crippen molar-refractivity contribution in [1.29, 1.82) is 0 Å². The quantitative estimate of drug-likeness (QED) is 0.676. The SMILES string of the molecule is COc1ccc(CNC(=O)c2cc(C3=NOC(c4ccccn4)C3)nc(C)n2)cc1.[HH]. The summed E-state index contributed by atoms with van der Waals surface area (Å²) in [7, 11) is 1.62. The fraction of sp³-hybridized carbons (Fsp3) is 0.227. The minimum absolute atomic E-state index is 0. The van der Waals surface area contributed by atoms with E-state index in [0.29, 0.717) is 30.2 Å². The molecule has 0 spiro atoms. The Bertz CT molecular complexity index is 1070. The molecule has 1 N–H and O–H groups in total. The molecule has 8 nitrogen and oxygen atoms in total. The third-order valence-corrected chi connectivity index (χ3v) is 4.66. The van der Waals surface area contributed by atoms with Crippen LogP contribution in [0.15, 0.2) is 59.9 Å². The van der Waals surface area contributed by atoms with Gasteiger partial charge < -0.3 is 14.9 Å². The smallest absolute Gasteiger partial charge is 0.270 e. The molecular formula is C22H23N5O3. The van der Waals surface area contributed by atoms with Crippen LogP contribution in [-0.2, 0) is 11.4 Å². The van der Waals surface area contributed by atoms with Gasteiger partial charge in [0.15, 0.2) is 6.10 Å². The van der Waals surface area contributed by atoms with Crippen LogP contribution < -0.4 is 10.1 Å². The molecule has 4 rings (SSSR count). The summed E-state index contributed by atoms with van der Waals surface area (Å²) in [6, 6.07) is 14.8. The zero-order valence-corrected chi connectivity index (χ0v) is 16.7. The second-order valence-corrected chi connectivity index (χ2v) is 6.81. The summed E-state index contributed by atoms with van der Waals surface area (Å²) in [6.07, 6.45) is 1.99. The van der Waals surface area contributed by atoms with E-state index in [1.165, 1.54) is 0 Å². The van der Waals surface area contributed by atoms with E-state index in [1.54, 1.807) is 26.3 Å². The van der Waals surface area contributed by atoms with Crippen molar-refractivity contribution in [2.45, 2.75) is 26.0 Å². The van der Waals surface area contributed by atoms with Crippen molar-refractivity contribution in [3.63, 3.8) is 0 Å². The monoisotopic (exact) mass is 405 g/mol. The van der Waals surface area contributed by atoms with Crippen molar-refractivity contribution in [2.24, 2.45) is 5.16 Å². The van der Waals surface area contributed by atoms with Gasteiger partial charge >= 0.3 is 0 Å². The Labute approximate surface area is 175 Å². The number of nitrogens with one attached hydrogen (secondary N) is 1. The predicted octanol–water partition coefficient (Wildman–Crippen LogP) is 3.23. The number of aromatic nitrogens is 3. The molecule has 1 amide bonds. The lowest BCUT2D eigenvalue weighted by Gasteiger charge is -2.08. The average molecular weight is 405 g/mol. The second kappa shape index (κ2) is 8.69. The van der Waals surface area contributed by atoms with Crippen LogP contribution >= 0.6 is 0 Å². The van der Waals surface area contributed by atoms with E-state index in [2.05, 4.69) is 25.4 Å². The lowest BCUT2D eigenvalue weighted by Crippen LogP contribution is -2.25. The van der Waals surface area contributed by atoms with Gasteiger partial charge in [0.25, 0.3) is 5.91 Å². The Morgan fingerprint density at radius 3 is 2.80 bits per heavy atom. The number of carbonyl (C=O) groups excluding carboxylic acids is 1. The number of amides is 1. The fourth-order valence-electron chi connectivity index (χ4n) is 3.10. The highest BCUT2D eigenvalue weighted by Crippen LogP contribution is 2.27. The van der Waals surface area contributed by atoms with Crippen LogP contribution in [0.4, 0.5) is 0 Å². The number of carbonyl (C=O) groups is 1. The summed E-state index contributed by atoms with van der Waals surface area (Å²) >= 11 is 0. The van der Waals surface area contributed by atoms with Crippen molar-refractivity contribution in [1.82, 2.24) is 20.3 Å². The molecule has 0 fully saturated rings. The van der Waals surface area contributed by atoms with Crippen LogP contribution in [0.25, 0.3) is 0 Å². The molecule has 0 saturated heterocycles. The first-order valence-corrected chi connectivity index (χ1v) is 9.53. The highest BCUT2D eigenvalue weighted by atomic mass is 16.6. The van der Waals surface area contributed by atoms with Crippen LogP contribution in [0.2, 0.25) is 0 Å². The Morgan fingerprint density at radius 1 is 1.23 bits per heavy atom. The lowest BCUT2D eigenvalue weighted by molar-refractivity contribution is 0.0826. The third kappa shape index (κ3) is 4.43. The summed E-state index contributed by atoms with van der Waals surface area (Å²) in [5.41, 5.74) is 3.30. The van der Waals surface area contributed by atoms with E-state index in [0.717, 1.165) is 17.0 Å². The highest BCUT2D eigenvalue weighted by Gasteiger charge is 2.26. The molecule has 8 heteroatoms. The summed E-state index contributed by atoms with van der Waals surface area (Å²) < 4.78 is 5.15. The highest BCUT2D eigenvalue weighted by molar-refractivity contribution is 6.01. The van der Waals surface area contributed by atoms with Gasteiger partial charge in [0.2, 0.25) is 0 Å². The molecule has 1 aromatic carbocycles. The number of benzene rings is 1. The Balaban J connectivity index is 0.00000272. The van der Waals surface area contributed by atoms with Crippen molar-refractivity contribution in [3.05, 3.63) is 83.2 Å². The molecule has 1 aliphatic heterocycles. The average Bonchev–Trinajstić information content (AvgIpc) is 3.28. The molecule has 3 heterocycles. The number of hydrogen-bond donors (Lipinski definition) is 1. The number of ether oxygens (including phenoxy) is 1. The molecule has 30 heavy (non-hydrogen) atoms. The standard InChI is InChI=1S/C22H21N5O3.H2/c1-14-25-18(19-12-21(30-27-19)17-5-3-4-10-23-17)11-20(26-14)22(28)24-13-15-6-8-16(29-2)9-7-15;/h3-11,21H,12-13H2,1-2H3,(H,24,28);1H. The first-order valence-electron chi connectivity index (χ1n) is 9.53. The molecule has 154 valence electrons. The molecule has 1 unspecified atom stereocenters. The largest absolute Gasteiger partial charge is 0.497 e. The summed E-state index contributed by atoms with van der Waals surface area (Å²) in [5, 5.41) is 7.04. The zero-order chi connectivity index (χ0) is 20.9. The number of aryl methyl sites for hydroxylation is 1. The summed E-state index contributed by atoms with van der Waals surface area (Å²) in [5.74, 6) is 0.981. The molecule has 3 aromatic rings. The van der Waals surface area contributed by atoms with Crippen LogP contribution in [0.1, 0.15) is 47.2 Å². The van der Waals surface area contributed by atoms with Crippen LogP contribution in [-0.4, -0.2) is 33.7 Å². The number of methoxy groups -OCH3 is 1. The van der Waals surface area contributed by atoms with Gasteiger partial charge in [-0.15, -0.1) is 0 Å². The number of hydrogen-bond acceptors (Lipinski definition) is 7. The second-order valence-electron chi connectivity index (χ2n) is 6.81. The Morgan fingerprint density at radius 2 is 2.07 bits per heavy atom. The number of pyridine rings is 1. The van der Waals surface area contributed by atoms with Gasteiger partial charge in [-0.3, -0.25) is 9.78 Å². The van der Waals surface area contributed by atoms with Crippen molar-refractivity contribution in [2.75, 3.05) is 7.11 Å². The maximum Gasteiger partial charge on any atom is 0.270 e. The van der Waals surface area contributed by atoms with Gasteiger partial charge in [0, 0.05) is 20.6 Å². The normalized spacial score (nSPS) is 15.3. The number of nitrogens with zero attached hydrogens (tertiary/aromatic N) is 4. The maximum atomic E-state index is 12.6. The predicted molar refractivity (Wildman–Crippen MR) is 112 cm³/mol. The van der Waals surface area contributed by atoms with Crippen molar-refractivity contribution >= 4 is 11.6 Å².